The zero-order chi connectivity index (χ0) is 5.98. The molecule has 2 heteroatoms. The molecule has 9 heavy (non-hydrogen) atoms. The molecule has 0 saturated carbocycles. The second kappa shape index (κ2) is 4.59. The van der Waals surface area contributed by atoms with E-state index in [1.54, 1.807) is 0 Å². The molecule has 1 nitrogen and oxygen atoms in total. The molecule has 0 bridgehead atoms. The molecule has 1 radical (unpaired) electrons. The van der Waals surface area contributed by atoms with Crippen LogP contribution >= 0.6 is 0 Å². The quantitative estimate of drug-likeness (QED) is 0.631. The Bertz CT molecular complexity index is 101. The maximum absolute atomic E-state index is 8.63. The number of aliphatic hydroxyl groups excluding tert-OH is 1. The van der Waals surface area contributed by atoms with Crippen LogP contribution in [-0.2, 0) is 32.7 Å². The number of rotatable bonds is 1. The summed E-state index contributed by atoms with van der Waals surface area (Å²) in [5.41, 5.74) is 0. The monoisotopic (exact) mass is 201 g/mol. The fourth-order valence-electron chi connectivity index (χ4n) is 1.12. The van der Waals surface area contributed by atoms with Crippen LogP contribution < -0.4 is 0 Å². The van der Waals surface area contributed by atoms with Crippen LogP contribution in [-0.4, -0.2) is 11.7 Å². The van der Waals surface area contributed by atoms with Crippen LogP contribution in [0.3, 0.4) is 0 Å². The van der Waals surface area contributed by atoms with Gasteiger partial charge in [0.15, 0.2) is 0 Å². The van der Waals surface area contributed by atoms with Gasteiger partial charge in [0.05, 0.1) is 0 Å². The summed E-state index contributed by atoms with van der Waals surface area (Å²) in [6, 6.07) is 0. The van der Waals surface area contributed by atoms with Crippen LogP contribution in [0.1, 0.15) is 13.3 Å². The molecule has 49 valence electrons. The largest absolute Gasteiger partial charge is 0.396 e. The second-order valence-electron chi connectivity index (χ2n) is 2.54. The normalized spacial score (nSPS) is 32.2. The van der Waals surface area contributed by atoms with E-state index in [1.165, 1.54) is 0 Å². The van der Waals surface area contributed by atoms with Crippen LogP contribution in [0.15, 0.2) is 12.2 Å². The predicted molar refractivity (Wildman–Crippen MR) is 33.5 cm³/mol. The summed E-state index contributed by atoms with van der Waals surface area (Å²) in [7, 11) is 0. The molecular weight excluding hydrogens is 189 g/mol. The maximum atomic E-state index is 8.63. The minimum atomic E-state index is 0. The third-order valence-corrected chi connectivity index (χ3v) is 1.62. The Labute approximate surface area is 81.4 Å². The first kappa shape index (κ1) is 9.80. The first-order valence-corrected chi connectivity index (χ1v) is 3.12. The van der Waals surface area contributed by atoms with Crippen LogP contribution in [0, 0.1) is 11.8 Å². The van der Waals surface area contributed by atoms with Crippen molar-refractivity contribution in [3.63, 3.8) is 0 Å². The van der Waals surface area contributed by atoms with Crippen molar-refractivity contribution in [2.45, 2.75) is 13.3 Å². The molecule has 1 aliphatic carbocycles. The average molecular weight is 201 g/mol. The standard InChI is InChI=1S/C7H12O.Y/c1-6-2-3-7(4-6)5-8;/h2-3,6-8H,4-5H2,1H3;/t6-,7+;/m1./s1. The summed E-state index contributed by atoms with van der Waals surface area (Å²) >= 11 is 0. The minimum absolute atomic E-state index is 0. The smallest absolute Gasteiger partial charge is 0.0494 e. The number of hydrogen-bond acceptors (Lipinski definition) is 1. The van der Waals surface area contributed by atoms with Crippen LogP contribution in [0.4, 0.5) is 0 Å². The number of allylic oxidation sites excluding steroid dienone is 1. The average Bonchev–Trinajstić information content (AvgIpc) is 2.14. The van der Waals surface area contributed by atoms with Gasteiger partial charge < -0.3 is 5.11 Å². The zero-order valence-corrected chi connectivity index (χ0v) is 8.59. The molecule has 0 aromatic rings. The number of aliphatic hydroxyl groups is 1. The molecule has 0 aliphatic heterocycles. The van der Waals surface area contributed by atoms with Crippen molar-refractivity contribution in [3.05, 3.63) is 12.2 Å². The Morgan fingerprint density at radius 1 is 1.56 bits per heavy atom. The SMILES string of the molecule is C[C@@H]1C=C[C@H](CO)C1.[Y]. The van der Waals surface area contributed by atoms with Gasteiger partial charge >= 0.3 is 0 Å². The molecule has 0 aromatic heterocycles. The van der Waals surface area contributed by atoms with Crippen molar-refractivity contribution >= 4 is 0 Å². The van der Waals surface area contributed by atoms with Crippen molar-refractivity contribution in [3.8, 4) is 0 Å². The molecule has 1 rings (SSSR count). The summed E-state index contributed by atoms with van der Waals surface area (Å²) in [6.07, 6.45) is 5.40. The van der Waals surface area contributed by atoms with E-state index in [1.807, 2.05) is 0 Å². The molecule has 1 aliphatic rings. The van der Waals surface area contributed by atoms with E-state index in [9.17, 15) is 0 Å². The van der Waals surface area contributed by atoms with E-state index in [4.69, 9.17) is 5.11 Å². The van der Waals surface area contributed by atoms with Crippen molar-refractivity contribution in [1.82, 2.24) is 0 Å². The van der Waals surface area contributed by atoms with Crippen LogP contribution in [0.2, 0.25) is 0 Å². The Hall–Kier alpha value is 0.804. The summed E-state index contributed by atoms with van der Waals surface area (Å²) in [5.74, 6) is 1.14. The molecular formula is C7H12OY. The molecule has 0 spiro atoms. The van der Waals surface area contributed by atoms with Crippen molar-refractivity contribution in [1.29, 1.82) is 0 Å². The summed E-state index contributed by atoms with van der Waals surface area (Å²) in [4.78, 5) is 0. The van der Waals surface area contributed by atoms with Crippen molar-refractivity contribution in [2.24, 2.45) is 11.8 Å². The van der Waals surface area contributed by atoms with E-state index < -0.39 is 0 Å². The summed E-state index contributed by atoms with van der Waals surface area (Å²) in [5, 5.41) is 8.63. The van der Waals surface area contributed by atoms with Crippen LogP contribution in [0.25, 0.3) is 0 Å². The van der Waals surface area contributed by atoms with Gasteiger partial charge in [-0.25, -0.2) is 0 Å². The third-order valence-electron chi connectivity index (χ3n) is 1.62. The zero-order valence-electron chi connectivity index (χ0n) is 5.75. The molecule has 2 atom stereocenters. The molecule has 0 aromatic carbocycles. The van der Waals surface area contributed by atoms with E-state index in [0.29, 0.717) is 18.4 Å². The van der Waals surface area contributed by atoms with Gasteiger partial charge in [-0.1, -0.05) is 19.1 Å². The summed E-state index contributed by atoms with van der Waals surface area (Å²) in [6.45, 7) is 2.49. The van der Waals surface area contributed by atoms with Gasteiger partial charge in [0.25, 0.3) is 0 Å². The predicted octanol–water partition coefficient (Wildman–Crippen LogP) is 1.19. The first-order chi connectivity index (χ1) is 3.83. The van der Waals surface area contributed by atoms with Gasteiger partial charge in [0.2, 0.25) is 0 Å². The van der Waals surface area contributed by atoms with Gasteiger partial charge in [-0.2, -0.15) is 0 Å². The first-order valence-electron chi connectivity index (χ1n) is 3.12. The van der Waals surface area contributed by atoms with Gasteiger partial charge in [0.1, 0.15) is 0 Å². The number of hydrogen-bond donors (Lipinski definition) is 1. The Balaban J connectivity index is 0.000000640. The van der Waals surface area contributed by atoms with Gasteiger partial charge in [-0.15, -0.1) is 0 Å². The molecule has 0 amide bonds. The van der Waals surface area contributed by atoms with Crippen molar-refractivity contribution < 1.29 is 37.8 Å². The fraction of sp³-hybridized carbons (Fsp3) is 0.714. The molecule has 0 fully saturated rings. The van der Waals surface area contributed by atoms with E-state index >= 15 is 0 Å². The van der Waals surface area contributed by atoms with Gasteiger partial charge in [0, 0.05) is 45.2 Å². The van der Waals surface area contributed by atoms with E-state index in [-0.39, 0.29) is 32.7 Å². The molecule has 0 heterocycles. The molecule has 0 unspecified atom stereocenters. The van der Waals surface area contributed by atoms with Crippen molar-refractivity contribution in [2.75, 3.05) is 6.61 Å². The Kier molecular flexibility index (Phi) is 5.00. The second-order valence-corrected chi connectivity index (χ2v) is 2.54. The van der Waals surface area contributed by atoms with E-state index in [2.05, 4.69) is 19.1 Å². The minimum Gasteiger partial charge on any atom is -0.396 e. The van der Waals surface area contributed by atoms with Gasteiger partial charge in [-0.05, 0) is 12.3 Å². The molecule has 1 N–H and O–H groups in total. The summed E-state index contributed by atoms with van der Waals surface area (Å²) < 4.78 is 0. The third kappa shape index (κ3) is 2.93. The Morgan fingerprint density at radius 3 is 2.44 bits per heavy atom. The maximum Gasteiger partial charge on any atom is 0.0494 e. The van der Waals surface area contributed by atoms with E-state index in [0.717, 1.165) is 6.42 Å². The van der Waals surface area contributed by atoms with Crippen LogP contribution in [0.5, 0.6) is 0 Å². The topological polar surface area (TPSA) is 20.2 Å². The van der Waals surface area contributed by atoms with Gasteiger partial charge in [-0.3, -0.25) is 0 Å². The fourth-order valence-corrected chi connectivity index (χ4v) is 1.12. The molecule has 0 saturated heterocycles. The Morgan fingerprint density at radius 2 is 2.22 bits per heavy atom.